The van der Waals surface area contributed by atoms with E-state index < -0.39 is 5.91 Å². The zero-order valence-corrected chi connectivity index (χ0v) is 15.0. The highest BCUT2D eigenvalue weighted by Crippen LogP contribution is 2.32. The van der Waals surface area contributed by atoms with Gasteiger partial charge in [-0.25, -0.2) is 0 Å². The summed E-state index contributed by atoms with van der Waals surface area (Å²) in [7, 11) is 0. The van der Waals surface area contributed by atoms with E-state index in [4.69, 9.17) is 10.2 Å². The zero-order valence-electron chi connectivity index (χ0n) is 15.0. The molecule has 1 heterocycles. The van der Waals surface area contributed by atoms with Gasteiger partial charge < -0.3 is 15.5 Å². The summed E-state index contributed by atoms with van der Waals surface area (Å²) in [5.74, 6) is -0.697. The second kappa shape index (κ2) is 7.40. The molecule has 3 N–H and O–H groups in total. The monoisotopic (exact) mass is 370 g/mol. The highest BCUT2D eigenvalue weighted by atomic mass is 16.3. The van der Waals surface area contributed by atoms with Gasteiger partial charge in [0.25, 0.3) is 5.91 Å². The summed E-state index contributed by atoms with van der Waals surface area (Å²) in [6.07, 6.45) is 1.60. The Labute approximate surface area is 161 Å². The minimum absolute atomic E-state index is 0.207. The van der Waals surface area contributed by atoms with Gasteiger partial charge in [-0.05, 0) is 29.3 Å². The van der Waals surface area contributed by atoms with Crippen LogP contribution in [-0.4, -0.2) is 11.8 Å². The third-order valence-electron chi connectivity index (χ3n) is 4.60. The highest BCUT2D eigenvalue weighted by molar-refractivity contribution is 6.08. The van der Waals surface area contributed by atoms with E-state index in [1.54, 1.807) is 30.5 Å². The van der Waals surface area contributed by atoms with Crippen molar-refractivity contribution >= 4 is 22.8 Å². The summed E-state index contributed by atoms with van der Waals surface area (Å²) in [6, 6.07) is 22.2. The average Bonchev–Trinajstić information content (AvgIpc) is 3.17. The van der Waals surface area contributed by atoms with Crippen molar-refractivity contribution in [3.05, 3.63) is 95.7 Å². The summed E-state index contributed by atoms with van der Waals surface area (Å²) in [4.78, 5) is 24.2. The average molecular weight is 370 g/mol. The van der Waals surface area contributed by atoms with Crippen LogP contribution in [-0.2, 0) is 6.54 Å². The summed E-state index contributed by atoms with van der Waals surface area (Å²) in [5.41, 5.74) is 9.39. The highest BCUT2D eigenvalue weighted by Gasteiger charge is 2.16. The van der Waals surface area contributed by atoms with Crippen molar-refractivity contribution in [2.24, 2.45) is 5.73 Å². The van der Waals surface area contributed by atoms with Crippen molar-refractivity contribution in [1.29, 1.82) is 0 Å². The molecule has 28 heavy (non-hydrogen) atoms. The molecular weight excluding hydrogens is 352 g/mol. The van der Waals surface area contributed by atoms with Crippen LogP contribution < -0.4 is 11.1 Å². The van der Waals surface area contributed by atoms with Crippen LogP contribution in [0, 0.1) is 0 Å². The standard InChI is InChI=1S/C23H18N2O3/c24-22(26)17-9-4-8-16(12-17)20-14-28-21-18(20)10-5-11-19(21)23(27)25-13-15-6-2-1-3-7-15/h1-12,14H,13H2,(H2,24,26)(H,25,27). The lowest BCUT2D eigenvalue weighted by molar-refractivity contribution is 0.0950. The first kappa shape index (κ1) is 17.5. The molecule has 2 amide bonds. The van der Waals surface area contributed by atoms with E-state index in [0.717, 1.165) is 22.1 Å². The lowest BCUT2D eigenvalue weighted by Gasteiger charge is -2.06. The topological polar surface area (TPSA) is 85.3 Å². The number of furan rings is 1. The van der Waals surface area contributed by atoms with Gasteiger partial charge in [0.15, 0.2) is 0 Å². The number of para-hydroxylation sites is 1. The number of hydrogen-bond donors (Lipinski definition) is 2. The van der Waals surface area contributed by atoms with Gasteiger partial charge in [-0.2, -0.15) is 0 Å². The van der Waals surface area contributed by atoms with Crippen molar-refractivity contribution in [2.45, 2.75) is 6.54 Å². The van der Waals surface area contributed by atoms with Crippen LogP contribution in [0.1, 0.15) is 26.3 Å². The Balaban J connectivity index is 1.66. The maximum Gasteiger partial charge on any atom is 0.255 e. The Morgan fingerprint density at radius 1 is 0.929 bits per heavy atom. The lowest BCUT2D eigenvalue weighted by atomic mass is 10.0. The molecular formula is C23H18N2O3. The van der Waals surface area contributed by atoms with Crippen LogP contribution in [0.4, 0.5) is 0 Å². The summed E-state index contributed by atoms with van der Waals surface area (Å²) >= 11 is 0. The van der Waals surface area contributed by atoms with Gasteiger partial charge in [-0.15, -0.1) is 0 Å². The fourth-order valence-electron chi connectivity index (χ4n) is 3.17. The molecule has 0 unspecified atom stereocenters. The zero-order chi connectivity index (χ0) is 19.5. The molecule has 138 valence electrons. The molecule has 5 heteroatoms. The van der Waals surface area contributed by atoms with Gasteiger partial charge in [-0.1, -0.05) is 54.6 Å². The van der Waals surface area contributed by atoms with Gasteiger partial charge in [0, 0.05) is 23.1 Å². The maximum absolute atomic E-state index is 12.7. The van der Waals surface area contributed by atoms with Gasteiger partial charge >= 0.3 is 0 Å². The van der Waals surface area contributed by atoms with Crippen molar-refractivity contribution in [3.8, 4) is 11.1 Å². The molecule has 0 radical (unpaired) electrons. The molecule has 0 aliphatic heterocycles. The van der Waals surface area contributed by atoms with Gasteiger partial charge in [-0.3, -0.25) is 9.59 Å². The van der Waals surface area contributed by atoms with Gasteiger partial charge in [0.2, 0.25) is 5.91 Å². The number of amides is 2. The molecule has 0 saturated heterocycles. The number of carbonyl (C=O) groups excluding carboxylic acids is 2. The van der Waals surface area contributed by atoms with Crippen molar-refractivity contribution in [1.82, 2.24) is 5.32 Å². The SMILES string of the molecule is NC(=O)c1cccc(-c2coc3c(C(=O)NCc4ccccc4)cccc23)c1. The van der Waals surface area contributed by atoms with Crippen molar-refractivity contribution < 1.29 is 14.0 Å². The number of rotatable bonds is 5. The Hall–Kier alpha value is -3.86. The number of hydrogen-bond acceptors (Lipinski definition) is 3. The van der Waals surface area contributed by atoms with E-state index in [-0.39, 0.29) is 5.91 Å². The van der Waals surface area contributed by atoms with Crippen molar-refractivity contribution in [2.75, 3.05) is 0 Å². The first-order chi connectivity index (χ1) is 13.6. The third kappa shape index (κ3) is 3.38. The number of nitrogens with one attached hydrogen (secondary N) is 1. The minimum Gasteiger partial charge on any atom is -0.463 e. The molecule has 0 saturated carbocycles. The summed E-state index contributed by atoms with van der Waals surface area (Å²) in [5, 5.41) is 3.72. The maximum atomic E-state index is 12.7. The first-order valence-corrected chi connectivity index (χ1v) is 8.86. The Morgan fingerprint density at radius 2 is 1.71 bits per heavy atom. The minimum atomic E-state index is -0.490. The predicted octanol–water partition coefficient (Wildman–Crippen LogP) is 4.13. The Kier molecular flexibility index (Phi) is 4.64. The van der Waals surface area contributed by atoms with Crippen LogP contribution in [0.25, 0.3) is 22.1 Å². The molecule has 1 aromatic heterocycles. The Bertz CT molecular complexity index is 1160. The number of nitrogens with two attached hydrogens (primary N) is 1. The second-order valence-corrected chi connectivity index (χ2v) is 6.44. The molecule has 0 bridgehead atoms. The smallest absolute Gasteiger partial charge is 0.255 e. The number of primary amides is 1. The number of fused-ring (bicyclic) bond motifs is 1. The van der Waals surface area contributed by atoms with Crippen LogP contribution in [0.15, 0.2) is 83.5 Å². The van der Waals surface area contributed by atoms with E-state index in [2.05, 4.69) is 5.32 Å². The predicted molar refractivity (Wildman–Crippen MR) is 108 cm³/mol. The van der Waals surface area contributed by atoms with Crippen LogP contribution in [0.5, 0.6) is 0 Å². The van der Waals surface area contributed by atoms with Crippen LogP contribution >= 0.6 is 0 Å². The van der Waals surface area contributed by atoms with Gasteiger partial charge in [0.1, 0.15) is 5.58 Å². The first-order valence-electron chi connectivity index (χ1n) is 8.86. The molecule has 0 fully saturated rings. The Morgan fingerprint density at radius 3 is 2.50 bits per heavy atom. The quantitative estimate of drug-likeness (QED) is 0.554. The summed E-state index contributed by atoms with van der Waals surface area (Å²) < 4.78 is 5.73. The molecule has 5 nitrogen and oxygen atoms in total. The molecule has 3 aromatic carbocycles. The van der Waals surface area contributed by atoms with Crippen LogP contribution in [0.2, 0.25) is 0 Å². The van der Waals surface area contributed by atoms with E-state index in [1.165, 1.54) is 0 Å². The molecule has 0 atom stereocenters. The molecule has 4 rings (SSSR count). The molecule has 0 spiro atoms. The molecule has 4 aromatic rings. The number of carbonyl (C=O) groups is 2. The van der Waals surface area contributed by atoms with Gasteiger partial charge in [0.05, 0.1) is 11.8 Å². The summed E-state index contributed by atoms with van der Waals surface area (Å²) in [6.45, 7) is 0.435. The molecule has 0 aliphatic carbocycles. The van der Waals surface area contributed by atoms with E-state index >= 15 is 0 Å². The van der Waals surface area contributed by atoms with E-state index in [9.17, 15) is 9.59 Å². The largest absolute Gasteiger partial charge is 0.463 e. The van der Waals surface area contributed by atoms with E-state index in [1.807, 2.05) is 48.5 Å². The number of benzene rings is 3. The normalized spacial score (nSPS) is 10.7. The third-order valence-corrected chi connectivity index (χ3v) is 4.60. The fraction of sp³-hybridized carbons (Fsp3) is 0.0435. The van der Waals surface area contributed by atoms with Crippen LogP contribution in [0.3, 0.4) is 0 Å². The lowest BCUT2D eigenvalue weighted by Crippen LogP contribution is -2.22. The second-order valence-electron chi connectivity index (χ2n) is 6.44. The molecule has 0 aliphatic rings. The van der Waals surface area contributed by atoms with E-state index in [0.29, 0.717) is 23.3 Å². The van der Waals surface area contributed by atoms with Crippen molar-refractivity contribution in [3.63, 3.8) is 0 Å². The fourth-order valence-corrected chi connectivity index (χ4v) is 3.17.